The van der Waals surface area contributed by atoms with Crippen LogP contribution in [0, 0.1) is 0 Å². The summed E-state index contributed by atoms with van der Waals surface area (Å²) in [6.45, 7) is 9.31. The number of benzene rings is 2. The topological polar surface area (TPSA) is 53.4 Å². The lowest BCUT2D eigenvalue weighted by molar-refractivity contribution is -0.155. The normalized spacial score (nSPS) is 13.6. The van der Waals surface area contributed by atoms with Crippen molar-refractivity contribution in [1.29, 1.82) is 0 Å². The van der Waals surface area contributed by atoms with Crippen molar-refractivity contribution in [3.63, 3.8) is 0 Å². The van der Waals surface area contributed by atoms with Crippen molar-refractivity contribution in [3.8, 4) is 16.9 Å². The minimum absolute atomic E-state index is 0.145. The Morgan fingerprint density at radius 2 is 1.76 bits per heavy atom. The average Bonchev–Trinajstić information content (AvgIpc) is 3.29. The van der Waals surface area contributed by atoms with Crippen molar-refractivity contribution >= 4 is 11.7 Å². The van der Waals surface area contributed by atoms with Crippen molar-refractivity contribution in [2.75, 3.05) is 6.61 Å². The van der Waals surface area contributed by atoms with Gasteiger partial charge in [-0.3, -0.25) is 0 Å². The number of ether oxygens (including phenoxy) is 2. The van der Waals surface area contributed by atoms with Crippen LogP contribution in [0.15, 0.2) is 79.5 Å². The maximum Gasteiger partial charge on any atom is 0.416 e. The van der Waals surface area contributed by atoms with Crippen LogP contribution in [0.4, 0.5) is 13.2 Å². The third-order valence-corrected chi connectivity index (χ3v) is 5.88. The molecule has 0 spiro atoms. The molecule has 1 unspecified atom stereocenters. The molecular formula is C29H31F3N2O3. The van der Waals surface area contributed by atoms with Crippen LogP contribution >= 0.6 is 0 Å². The Kier molecular flexibility index (Phi) is 8.97. The van der Waals surface area contributed by atoms with Crippen LogP contribution in [0.5, 0.6) is 5.75 Å². The summed E-state index contributed by atoms with van der Waals surface area (Å²) in [5, 5.41) is 4.58. The van der Waals surface area contributed by atoms with Gasteiger partial charge in [-0.15, -0.1) is 0 Å². The number of carbonyl (C=O) groups is 1. The number of halogens is 3. The molecule has 5 nitrogen and oxygen atoms in total. The fraction of sp³-hybridized carbons (Fsp3) is 0.310. The largest absolute Gasteiger partial charge is 0.469 e. The summed E-state index contributed by atoms with van der Waals surface area (Å²) >= 11 is 0. The second-order valence-electron chi connectivity index (χ2n) is 8.55. The Balaban J connectivity index is 2.17. The van der Waals surface area contributed by atoms with E-state index in [4.69, 9.17) is 9.47 Å². The van der Waals surface area contributed by atoms with Gasteiger partial charge in [0.05, 0.1) is 29.8 Å². The highest BCUT2D eigenvalue weighted by Gasteiger charge is 2.44. The van der Waals surface area contributed by atoms with Crippen molar-refractivity contribution in [3.05, 3.63) is 90.8 Å². The monoisotopic (exact) mass is 512 g/mol. The SMILES string of the molecule is C=CC=C(n1ncc(-c2ccc(C(F)(F)F)cc2)c1CCCC)C(C)(Oc1ccccc1)C(=O)OCC. The number of nitrogens with zero attached hydrogens (tertiary/aromatic N) is 2. The van der Waals surface area contributed by atoms with Crippen LogP contribution < -0.4 is 4.74 Å². The molecule has 0 amide bonds. The molecular weight excluding hydrogens is 481 g/mol. The first-order valence-corrected chi connectivity index (χ1v) is 12.1. The molecule has 2 aromatic carbocycles. The van der Waals surface area contributed by atoms with Crippen molar-refractivity contribution < 1.29 is 27.4 Å². The van der Waals surface area contributed by atoms with Gasteiger partial charge in [0.25, 0.3) is 0 Å². The van der Waals surface area contributed by atoms with Crippen LogP contribution in [0.1, 0.15) is 44.9 Å². The van der Waals surface area contributed by atoms with E-state index in [2.05, 4.69) is 11.7 Å². The van der Waals surface area contributed by atoms with E-state index in [1.165, 1.54) is 18.2 Å². The van der Waals surface area contributed by atoms with E-state index in [9.17, 15) is 18.0 Å². The zero-order chi connectivity index (χ0) is 27.1. The van der Waals surface area contributed by atoms with E-state index in [1.807, 2.05) is 13.0 Å². The number of alkyl halides is 3. The smallest absolute Gasteiger partial charge is 0.416 e. The highest BCUT2D eigenvalue weighted by molar-refractivity contribution is 5.92. The van der Waals surface area contributed by atoms with Gasteiger partial charge in [-0.1, -0.05) is 56.3 Å². The average molecular weight is 513 g/mol. The molecule has 0 aliphatic heterocycles. The summed E-state index contributed by atoms with van der Waals surface area (Å²) in [6.07, 6.45) is 2.60. The molecule has 1 atom stereocenters. The summed E-state index contributed by atoms with van der Waals surface area (Å²) < 4.78 is 52.6. The Hall–Kier alpha value is -3.81. The Labute approximate surface area is 215 Å². The standard InChI is InChI=1S/C29H31F3N2O3/c1-5-8-15-25-24(21-16-18-22(19-17-21)29(30,31)32)20-33-34(25)26(12-6-2)28(4,27(35)36-7-3)37-23-13-10-9-11-14-23/h6,9-14,16-20H,2,5,7-8,15H2,1,3-4H3. The summed E-state index contributed by atoms with van der Waals surface area (Å²) in [5.41, 5.74) is 0.0388. The van der Waals surface area contributed by atoms with Crippen LogP contribution in [0.2, 0.25) is 0 Å². The molecule has 0 fully saturated rings. The van der Waals surface area contributed by atoms with Crippen molar-refractivity contribution in [2.45, 2.75) is 51.8 Å². The molecule has 0 saturated carbocycles. The van der Waals surface area contributed by atoms with Gasteiger partial charge < -0.3 is 9.47 Å². The number of hydrogen-bond donors (Lipinski definition) is 0. The van der Waals surface area contributed by atoms with E-state index in [1.54, 1.807) is 55.1 Å². The van der Waals surface area contributed by atoms with E-state index in [0.717, 1.165) is 30.7 Å². The fourth-order valence-electron chi connectivity index (χ4n) is 3.98. The first kappa shape index (κ1) is 27.8. The van der Waals surface area contributed by atoms with Gasteiger partial charge in [-0.25, -0.2) is 9.48 Å². The molecule has 3 rings (SSSR count). The maximum atomic E-state index is 13.3. The predicted octanol–water partition coefficient (Wildman–Crippen LogP) is 7.34. The molecule has 0 aliphatic carbocycles. The lowest BCUT2D eigenvalue weighted by Gasteiger charge is -2.31. The number of para-hydroxylation sites is 1. The third kappa shape index (κ3) is 6.31. The molecule has 8 heteroatoms. The first-order chi connectivity index (χ1) is 17.7. The molecule has 1 aromatic heterocycles. The Bertz CT molecular complexity index is 1230. The van der Waals surface area contributed by atoms with E-state index >= 15 is 0 Å². The van der Waals surface area contributed by atoms with Gasteiger partial charge in [-0.2, -0.15) is 18.3 Å². The van der Waals surface area contributed by atoms with Crippen molar-refractivity contribution in [1.82, 2.24) is 9.78 Å². The van der Waals surface area contributed by atoms with E-state index in [-0.39, 0.29) is 6.61 Å². The van der Waals surface area contributed by atoms with E-state index in [0.29, 0.717) is 29.0 Å². The lowest BCUT2D eigenvalue weighted by Crippen LogP contribution is -2.46. The van der Waals surface area contributed by atoms with Gasteiger partial charge >= 0.3 is 12.1 Å². The highest BCUT2D eigenvalue weighted by atomic mass is 19.4. The van der Waals surface area contributed by atoms with Crippen LogP contribution in [-0.2, 0) is 22.1 Å². The van der Waals surface area contributed by atoms with Crippen LogP contribution in [0.25, 0.3) is 16.8 Å². The minimum Gasteiger partial charge on any atom is -0.469 e. The molecule has 0 saturated heterocycles. The maximum absolute atomic E-state index is 13.3. The number of unbranched alkanes of at least 4 members (excludes halogenated alkanes) is 1. The fourth-order valence-corrected chi connectivity index (χ4v) is 3.98. The number of carbonyl (C=O) groups excluding carboxylic acids is 1. The highest BCUT2D eigenvalue weighted by Crippen LogP contribution is 2.36. The molecule has 37 heavy (non-hydrogen) atoms. The van der Waals surface area contributed by atoms with E-state index < -0.39 is 23.3 Å². The lowest BCUT2D eigenvalue weighted by atomic mass is 9.98. The Morgan fingerprint density at radius 1 is 1.08 bits per heavy atom. The summed E-state index contributed by atoms with van der Waals surface area (Å²) in [5.74, 6) is -0.154. The number of rotatable bonds is 11. The molecule has 0 bridgehead atoms. The zero-order valence-electron chi connectivity index (χ0n) is 21.2. The van der Waals surface area contributed by atoms with Gasteiger partial charge in [0.2, 0.25) is 5.60 Å². The van der Waals surface area contributed by atoms with Crippen molar-refractivity contribution in [2.24, 2.45) is 0 Å². The molecule has 3 aromatic rings. The number of aromatic nitrogens is 2. The molecule has 1 heterocycles. The number of esters is 1. The minimum atomic E-state index is -4.43. The molecule has 196 valence electrons. The second kappa shape index (κ2) is 12.0. The molecule has 0 radical (unpaired) electrons. The third-order valence-electron chi connectivity index (χ3n) is 5.88. The quantitative estimate of drug-likeness (QED) is 0.199. The number of allylic oxidation sites excluding steroid dienone is 2. The first-order valence-electron chi connectivity index (χ1n) is 12.1. The van der Waals surface area contributed by atoms with Gasteiger partial charge in [0, 0.05) is 5.56 Å². The van der Waals surface area contributed by atoms with Gasteiger partial charge in [0.15, 0.2) is 0 Å². The molecule has 0 aliphatic rings. The van der Waals surface area contributed by atoms with Gasteiger partial charge in [0.1, 0.15) is 5.75 Å². The zero-order valence-corrected chi connectivity index (χ0v) is 21.2. The summed E-state index contributed by atoms with van der Waals surface area (Å²) in [4.78, 5) is 13.3. The van der Waals surface area contributed by atoms with Crippen LogP contribution in [-0.4, -0.2) is 28.0 Å². The molecule has 0 N–H and O–H groups in total. The summed E-state index contributed by atoms with van der Waals surface area (Å²) in [6, 6.07) is 13.9. The Morgan fingerprint density at radius 3 is 2.32 bits per heavy atom. The van der Waals surface area contributed by atoms with Gasteiger partial charge in [-0.05, 0) is 62.6 Å². The predicted molar refractivity (Wildman–Crippen MR) is 138 cm³/mol. The van der Waals surface area contributed by atoms with Crippen LogP contribution in [0.3, 0.4) is 0 Å². The second-order valence-corrected chi connectivity index (χ2v) is 8.55. The summed E-state index contributed by atoms with van der Waals surface area (Å²) in [7, 11) is 0. The number of hydrogen-bond acceptors (Lipinski definition) is 4.